The third-order valence-electron chi connectivity index (χ3n) is 13.5. The highest BCUT2D eigenvalue weighted by Crippen LogP contribution is 2.72. The van der Waals surface area contributed by atoms with Crippen molar-refractivity contribution in [1.29, 1.82) is 0 Å². The number of carbonyl (C=O) groups is 2. The van der Waals surface area contributed by atoms with Crippen LogP contribution in [-0.2, 0) is 9.59 Å². The maximum absolute atomic E-state index is 14.3. The largest absolute Gasteiger partial charge is 0.393 e. The molecule has 0 aromatic heterocycles. The van der Waals surface area contributed by atoms with Crippen molar-refractivity contribution in [3.63, 3.8) is 0 Å². The van der Waals surface area contributed by atoms with Gasteiger partial charge in [0.1, 0.15) is 0 Å². The van der Waals surface area contributed by atoms with Gasteiger partial charge in [-0.3, -0.25) is 9.59 Å². The lowest BCUT2D eigenvalue weighted by Crippen LogP contribution is -2.59. The first kappa shape index (κ1) is 31.5. The molecule has 0 unspecified atom stereocenters. The zero-order valence-corrected chi connectivity index (χ0v) is 27.7. The number of aliphatic hydroxyl groups is 1. The number of anilines is 1. The van der Waals surface area contributed by atoms with E-state index in [2.05, 4.69) is 53.8 Å². The molecule has 232 valence electrons. The number of amides is 1. The Balaban J connectivity index is 1.48. The monoisotopic (exact) mass is 575 g/mol. The van der Waals surface area contributed by atoms with Crippen molar-refractivity contribution in [3.05, 3.63) is 41.0 Å². The van der Waals surface area contributed by atoms with E-state index in [4.69, 9.17) is 0 Å². The summed E-state index contributed by atoms with van der Waals surface area (Å²) in [6.07, 6.45) is 10.6. The second kappa shape index (κ2) is 11.2. The molecule has 7 atom stereocenters. The van der Waals surface area contributed by atoms with Crippen LogP contribution in [0.15, 0.2) is 35.4 Å². The summed E-state index contributed by atoms with van der Waals surface area (Å²) in [6, 6.07) is 7.98. The molecule has 1 amide bonds. The number of rotatable bonds is 8. The van der Waals surface area contributed by atoms with E-state index in [0.717, 1.165) is 68.2 Å². The third kappa shape index (κ3) is 4.74. The lowest BCUT2D eigenvalue weighted by molar-refractivity contribution is -0.155. The number of fused-ring (bicyclic) bond motifs is 5. The zero-order chi connectivity index (χ0) is 30.7. The zero-order valence-electron chi connectivity index (χ0n) is 27.7. The second-order valence-corrected chi connectivity index (χ2v) is 16.0. The van der Waals surface area contributed by atoms with Crippen LogP contribution >= 0.6 is 0 Å². The summed E-state index contributed by atoms with van der Waals surface area (Å²) < 4.78 is 0. The standard InChI is InChI=1S/C38H57NO3/c1-9-10-15-31(41)35(5,6)26-18-19-36(7)27(22-26)16-17-28-33-32(24(2)3)30(40)23-38(33,21-20-37(28,36)8)34(42)39-29-14-12-11-13-25(29)4/h11-14,24,26-28,31,41H,9-10,15-23H2,1-8H3,(H,39,42)/t26-,27-,28-,31+,36-,37-,38-/m1/s1. The van der Waals surface area contributed by atoms with Crippen LogP contribution in [-0.4, -0.2) is 22.9 Å². The Morgan fingerprint density at radius 1 is 1.07 bits per heavy atom. The van der Waals surface area contributed by atoms with Gasteiger partial charge in [-0.25, -0.2) is 0 Å². The average molecular weight is 576 g/mol. The predicted octanol–water partition coefficient (Wildman–Crippen LogP) is 9.06. The first-order valence-electron chi connectivity index (χ1n) is 17.1. The van der Waals surface area contributed by atoms with Gasteiger partial charge in [-0.1, -0.05) is 79.5 Å². The summed E-state index contributed by atoms with van der Waals surface area (Å²) in [6.45, 7) is 18.2. The smallest absolute Gasteiger partial charge is 0.235 e. The minimum absolute atomic E-state index is 0.0247. The van der Waals surface area contributed by atoms with Gasteiger partial charge in [0.25, 0.3) is 0 Å². The number of unbranched alkanes of at least 4 members (excludes halogenated alkanes) is 1. The average Bonchev–Trinajstić information content (AvgIpc) is 3.26. The third-order valence-corrected chi connectivity index (χ3v) is 13.5. The molecule has 3 saturated carbocycles. The van der Waals surface area contributed by atoms with E-state index in [1.54, 1.807) is 0 Å². The van der Waals surface area contributed by atoms with Gasteiger partial charge in [-0.15, -0.1) is 0 Å². The highest BCUT2D eigenvalue weighted by molar-refractivity contribution is 6.10. The summed E-state index contributed by atoms with van der Waals surface area (Å²) in [5.74, 6) is 1.75. The number of aliphatic hydroxyl groups excluding tert-OH is 1. The maximum Gasteiger partial charge on any atom is 0.235 e. The van der Waals surface area contributed by atoms with Crippen molar-refractivity contribution >= 4 is 17.4 Å². The molecule has 4 aliphatic carbocycles. The number of hydrogen-bond donors (Lipinski definition) is 2. The van der Waals surface area contributed by atoms with Gasteiger partial charge >= 0.3 is 0 Å². The predicted molar refractivity (Wildman–Crippen MR) is 172 cm³/mol. The van der Waals surface area contributed by atoms with Gasteiger partial charge in [-0.2, -0.15) is 0 Å². The topological polar surface area (TPSA) is 66.4 Å². The number of hydrogen-bond acceptors (Lipinski definition) is 3. The molecule has 42 heavy (non-hydrogen) atoms. The van der Waals surface area contributed by atoms with Crippen molar-refractivity contribution in [2.24, 2.45) is 45.3 Å². The number of carbonyl (C=O) groups excluding carboxylic acids is 2. The van der Waals surface area contributed by atoms with Crippen LogP contribution in [0.3, 0.4) is 0 Å². The van der Waals surface area contributed by atoms with Gasteiger partial charge in [0.2, 0.25) is 5.91 Å². The van der Waals surface area contributed by atoms with Gasteiger partial charge < -0.3 is 10.4 Å². The van der Waals surface area contributed by atoms with Crippen LogP contribution in [0.2, 0.25) is 0 Å². The number of allylic oxidation sites excluding steroid dienone is 1. The number of nitrogens with one attached hydrogen (secondary N) is 1. The Morgan fingerprint density at radius 3 is 2.45 bits per heavy atom. The van der Waals surface area contributed by atoms with E-state index in [1.165, 1.54) is 18.4 Å². The molecular formula is C38H57NO3. The summed E-state index contributed by atoms with van der Waals surface area (Å²) >= 11 is 0. The number of para-hydroxylation sites is 1. The van der Waals surface area contributed by atoms with E-state index < -0.39 is 5.41 Å². The lowest BCUT2D eigenvalue weighted by atomic mass is 9.38. The summed E-state index contributed by atoms with van der Waals surface area (Å²) in [5.41, 5.74) is 3.49. The van der Waals surface area contributed by atoms with Crippen LogP contribution in [0.5, 0.6) is 0 Å². The molecule has 0 heterocycles. The van der Waals surface area contributed by atoms with Crippen molar-refractivity contribution in [3.8, 4) is 0 Å². The van der Waals surface area contributed by atoms with E-state index in [0.29, 0.717) is 18.3 Å². The Morgan fingerprint density at radius 2 is 1.79 bits per heavy atom. The maximum atomic E-state index is 14.3. The molecule has 2 N–H and O–H groups in total. The van der Waals surface area contributed by atoms with Gasteiger partial charge in [0, 0.05) is 12.1 Å². The molecule has 0 aliphatic heterocycles. The lowest BCUT2D eigenvalue weighted by Gasteiger charge is -2.66. The van der Waals surface area contributed by atoms with Crippen molar-refractivity contribution < 1.29 is 14.7 Å². The SMILES string of the molecule is CCCC[C@H](O)C(C)(C)[C@@H]1CC[C@]2(C)[C@H](CC[C@@H]3C4=C(C(C)C)C(=O)C[C@]4(C(=O)Nc4ccccc4C)CC[C@]32C)C1. The fraction of sp³-hybridized carbons (Fsp3) is 0.737. The number of aryl methyl sites for hydroxylation is 1. The normalized spacial score (nSPS) is 35.5. The molecule has 1 aromatic carbocycles. The summed E-state index contributed by atoms with van der Waals surface area (Å²) in [4.78, 5) is 28.1. The number of Topliss-reactive ketones (excluding diaryl/α,β-unsaturated/α-hetero) is 1. The Bertz CT molecular complexity index is 1240. The molecule has 4 aliphatic rings. The molecule has 0 radical (unpaired) electrons. The molecule has 5 rings (SSSR count). The molecular weight excluding hydrogens is 518 g/mol. The first-order valence-corrected chi connectivity index (χ1v) is 17.1. The van der Waals surface area contributed by atoms with Crippen molar-refractivity contribution in [1.82, 2.24) is 0 Å². The summed E-state index contributed by atoms with van der Waals surface area (Å²) in [5, 5.41) is 14.5. The number of benzene rings is 1. The Kier molecular flexibility index (Phi) is 8.40. The molecule has 4 nitrogen and oxygen atoms in total. The molecule has 4 heteroatoms. The fourth-order valence-electron chi connectivity index (χ4n) is 10.3. The van der Waals surface area contributed by atoms with Gasteiger partial charge in [0.15, 0.2) is 5.78 Å². The van der Waals surface area contributed by atoms with Crippen LogP contribution in [0.25, 0.3) is 0 Å². The minimum Gasteiger partial charge on any atom is -0.393 e. The molecule has 1 aromatic rings. The Labute approximate surface area is 255 Å². The second-order valence-electron chi connectivity index (χ2n) is 16.0. The molecule has 3 fully saturated rings. The van der Waals surface area contributed by atoms with Gasteiger partial charge in [-0.05, 0) is 121 Å². The molecule has 0 saturated heterocycles. The van der Waals surface area contributed by atoms with E-state index in [1.807, 2.05) is 31.2 Å². The van der Waals surface area contributed by atoms with Crippen LogP contribution in [0, 0.1) is 52.3 Å². The minimum atomic E-state index is -0.727. The first-order chi connectivity index (χ1) is 19.7. The Hall–Kier alpha value is -1.94. The highest BCUT2D eigenvalue weighted by atomic mass is 16.3. The molecule has 0 bridgehead atoms. The van der Waals surface area contributed by atoms with Gasteiger partial charge in [0.05, 0.1) is 11.5 Å². The van der Waals surface area contributed by atoms with Crippen molar-refractivity contribution in [2.75, 3.05) is 5.32 Å². The van der Waals surface area contributed by atoms with E-state index >= 15 is 0 Å². The van der Waals surface area contributed by atoms with E-state index in [-0.39, 0.29) is 45.9 Å². The van der Waals surface area contributed by atoms with Crippen molar-refractivity contribution in [2.45, 2.75) is 132 Å². The number of ketones is 1. The fourth-order valence-corrected chi connectivity index (χ4v) is 10.3. The summed E-state index contributed by atoms with van der Waals surface area (Å²) in [7, 11) is 0. The van der Waals surface area contributed by atoms with Crippen LogP contribution < -0.4 is 5.32 Å². The highest BCUT2D eigenvalue weighted by Gasteiger charge is 2.66. The quantitative estimate of drug-likeness (QED) is 0.325. The van der Waals surface area contributed by atoms with E-state index in [9.17, 15) is 14.7 Å². The van der Waals surface area contributed by atoms with Crippen LogP contribution in [0.1, 0.15) is 125 Å². The molecule has 0 spiro atoms. The van der Waals surface area contributed by atoms with Crippen LogP contribution in [0.4, 0.5) is 5.69 Å².